The van der Waals surface area contributed by atoms with Crippen LogP contribution in [0.1, 0.15) is 47.1 Å². The first-order chi connectivity index (χ1) is 14.5. The molecule has 0 unspecified atom stereocenters. The average Bonchev–Trinajstić information content (AvgIpc) is 3.38. The molecule has 158 valence electrons. The molecule has 2 amide bonds. The van der Waals surface area contributed by atoms with Crippen LogP contribution in [0.3, 0.4) is 0 Å². The molecule has 2 heterocycles. The molecule has 1 aromatic carbocycles. The summed E-state index contributed by atoms with van der Waals surface area (Å²) in [4.78, 5) is 24.9. The van der Waals surface area contributed by atoms with E-state index in [1.165, 1.54) is 30.3 Å². The first-order valence-corrected chi connectivity index (χ1v) is 9.64. The minimum absolute atomic E-state index is 0.0665. The van der Waals surface area contributed by atoms with Gasteiger partial charge in [-0.15, -0.1) is 0 Å². The van der Waals surface area contributed by atoms with Crippen molar-refractivity contribution >= 4 is 17.5 Å². The quantitative estimate of drug-likeness (QED) is 0.557. The Morgan fingerprint density at radius 3 is 2.60 bits per heavy atom. The van der Waals surface area contributed by atoms with E-state index < -0.39 is 5.91 Å². The summed E-state index contributed by atoms with van der Waals surface area (Å²) in [5.74, 6) is -0.246. The lowest BCUT2D eigenvalue weighted by molar-refractivity contribution is 0.0948. The normalized spacial score (nSPS) is 10.6. The number of furan rings is 1. The van der Waals surface area contributed by atoms with E-state index >= 15 is 0 Å². The summed E-state index contributed by atoms with van der Waals surface area (Å²) in [6.45, 7) is 4.97. The molecule has 2 aromatic heterocycles. The van der Waals surface area contributed by atoms with E-state index in [-0.39, 0.29) is 29.8 Å². The summed E-state index contributed by atoms with van der Waals surface area (Å²) in [7, 11) is 0. The summed E-state index contributed by atoms with van der Waals surface area (Å²) in [5.41, 5.74) is 0.445. The Labute approximate surface area is 173 Å². The van der Waals surface area contributed by atoms with Gasteiger partial charge in [0, 0.05) is 19.3 Å². The van der Waals surface area contributed by atoms with Crippen LogP contribution in [-0.4, -0.2) is 28.1 Å². The second-order valence-corrected chi connectivity index (χ2v) is 6.47. The Hall–Kier alpha value is -3.62. The molecule has 8 nitrogen and oxygen atoms in total. The Balaban J connectivity index is 1.65. The highest BCUT2D eigenvalue weighted by molar-refractivity contribution is 6.07. The van der Waals surface area contributed by atoms with Crippen LogP contribution in [-0.2, 0) is 13.2 Å². The molecule has 0 aliphatic rings. The van der Waals surface area contributed by atoms with Crippen LogP contribution in [0.5, 0.6) is 5.75 Å². The van der Waals surface area contributed by atoms with Gasteiger partial charge in [-0.25, -0.2) is 4.39 Å². The van der Waals surface area contributed by atoms with Crippen LogP contribution in [0.2, 0.25) is 0 Å². The lowest BCUT2D eigenvalue weighted by atomic mass is 10.3. The number of hydrogen-bond donors (Lipinski definition) is 2. The maximum atomic E-state index is 12.9. The molecule has 0 bridgehead atoms. The standard InChI is InChI=1S/C21H23FN4O4/c1-3-11-23-21(28)19-17(12-26(4-2)25-19)24-20(27)18-10-9-16(30-18)13-29-15-7-5-14(22)6-8-15/h5-10,12H,3-4,11,13H2,1-2H3,(H,23,28)(H,24,27). The Bertz CT molecular complexity index is 1010. The number of hydrogen-bond acceptors (Lipinski definition) is 5. The van der Waals surface area contributed by atoms with E-state index in [2.05, 4.69) is 15.7 Å². The third-order valence-corrected chi connectivity index (χ3v) is 4.16. The van der Waals surface area contributed by atoms with Crippen molar-refractivity contribution in [3.8, 4) is 5.75 Å². The molecule has 0 radical (unpaired) electrons. The Kier molecular flexibility index (Phi) is 6.84. The number of anilines is 1. The Morgan fingerprint density at radius 2 is 1.90 bits per heavy atom. The van der Waals surface area contributed by atoms with Gasteiger partial charge in [0.1, 0.15) is 23.9 Å². The fourth-order valence-corrected chi connectivity index (χ4v) is 2.61. The highest BCUT2D eigenvalue weighted by Crippen LogP contribution is 2.18. The molecule has 0 atom stereocenters. The van der Waals surface area contributed by atoms with Gasteiger partial charge in [-0.1, -0.05) is 6.92 Å². The summed E-state index contributed by atoms with van der Waals surface area (Å²) in [6.07, 6.45) is 2.39. The highest BCUT2D eigenvalue weighted by atomic mass is 19.1. The number of aryl methyl sites for hydroxylation is 1. The van der Waals surface area contributed by atoms with Crippen molar-refractivity contribution < 1.29 is 23.1 Å². The number of amides is 2. The molecule has 3 aromatic rings. The lowest BCUT2D eigenvalue weighted by Crippen LogP contribution is -2.26. The zero-order valence-electron chi connectivity index (χ0n) is 16.8. The second-order valence-electron chi connectivity index (χ2n) is 6.47. The van der Waals surface area contributed by atoms with Gasteiger partial charge in [-0.05, 0) is 49.7 Å². The molecule has 3 rings (SSSR count). The summed E-state index contributed by atoms with van der Waals surface area (Å²) in [6, 6.07) is 8.72. The maximum absolute atomic E-state index is 12.9. The molecule has 0 saturated heterocycles. The second kappa shape index (κ2) is 9.73. The van der Waals surface area contributed by atoms with Crippen molar-refractivity contribution in [3.63, 3.8) is 0 Å². The van der Waals surface area contributed by atoms with Gasteiger partial charge in [0.05, 0.1) is 5.69 Å². The van der Waals surface area contributed by atoms with E-state index in [0.717, 1.165) is 6.42 Å². The molecular formula is C21H23FN4O4. The SMILES string of the molecule is CCCNC(=O)c1nn(CC)cc1NC(=O)c1ccc(COc2ccc(F)cc2)o1. The molecule has 2 N–H and O–H groups in total. The maximum Gasteiger partial charge on any atom is 0.291 e. The third-order valence-electron chi connectivity index (χ3n) is 4.16. The van der Waals surface area contributed by atoms with Crippen LogP contribution in [0.25, 0.3) is 0 Å². The molecular weight excluding hydrogens is 391 g/mol. The van der Waals surface area contributed by atoms with Crippen molar-refractivity contribution in [1.29, 1.82) is 0 Å². The zero-order valence-corrected chi connectivity index (χ0v) is 16.8. The minimum atomic E-state index is -0.511. The highest BCUT2D eigenvalue weighted by Gasteiger charge is 2.20. The molecule has 0 aliphatic heterocycles. The number of halogens is 1. The summed E-state index contributed by atoms with van der Waals surface area (Å²) < 4.78 is 25.5. The summed E-state index contributed by atoms with van der Waals surface area (Å²) >= 11 is 0. The first kappa shape index (κ1) is 21.1. The van der Waals surface area contributed by atoms with Gasteiger partial charge in [0.15, 0.2) is 11.5 Å². The van der Waals surface area contributed by atoms with Crippen molar-refractivity contribution in [2.45, 2.75) is 33.4 Å². The molecule has 9 heteroatoms. The predicted molar refractivity (Wildman–Crippen MR) is 108 cm³/mol. The van der Waals surface area contributed by atoms with E-state index in [4.69, 9.17) is 9.15 Å². The molecule has 0 saturated carbocycles. The Morgan fingerprint density at radius 1 is 1.13 bits per heavy atom. The third kappa shape index (κ3) is 5.25. The average molecular weight is 414 g/mol. The number of rotatable bonds is 9. The lowest BCUT2D eigenvalue weighted by Gasteiger charge is -2.05. The van der Waals surface area contributed by atoms with Crippen molar-refractivity contribution in [3.05, 3.63) is 65.6 Å². The molecule has 0 fully saturated rings. The topological polar surface area (TPSA) is 98.4 Å². The van der Waals surface area contributed by atoms with Crippen LogP contribution in [0.4, 0.5) is 10.1 Å². The van der Waals surface area contributed by atoms with Crippen LogP contribution < -0.4 is 15.4 Å². The monoisotopic (exact) mass is 414 g/mol. The zero-order chi connectivity index (χ0) is 21.5. The largest absolute Gasteiger partial charge is 0.486 e. The van der Waals surface area contributed by atoms with Gasteiger partial charge >= 0.3 is 0 Å². The van der Waals surface area contributed by atoms with Gasteiger partial charge in [0.2, 0.25) is 0 Å². The molecule has 0 spiro atoms. The van der Waals surface area contributed by atoms with Crippen molar-refractivity contribution in [2.24, 2.45) is 0 Å². The van der Waals surface area contributed by atoms with Crippen molar-refractivity contribution in [1.82, 2.24) is 15.1 Å². The van der Waals surface area contributed by atoms with Crippen LogP contribution in [0.15, 0.2) is 47.0 Å². The minimum Gasteiger partial charge on any atom is -0.486 e. The first-order valence-electron chi connectivity index (χ1n) is 9.64. The number of nitrogens with zero attached hydrogens (tertiary/aromatic N) is 2. The smallest absolute Gasteiger partial charge is 0.291 e. The van der Waals surface area contributed by atoms with Crippen LogP contribution >= 0.6 is 0 Å². The fourth-order valence-electron chi connectivity index (χ4n) is 2.61. The number of nitrogens with one attached hydrogen (secondary N) is 2. The van der Waals surface area contributed by atoms with E-state index in [1.807, 2.05) is 13.8 Å². The number of aromatic nitrogens is 2. The van der Waals surface area contributed by atoms with Gasteiger partial charge in [-0.2, -0.15) is 5.10 Å². The van der Waals surface area contributed by atoms with E-state index in [9.17, 15) is 14.0 Å². The van der Waals surface area contributed by atoms with Crippen molar-refractivity contribution in [2.75, 3.05) is 11.9 Å². The van der Waals surface area contributed by atoms with Gasteiger partial charge in [-0.3, -0.25) is 14.3 Å². The van der Waals surface area contributed by atoms with Crippen LogP contribution in [0, 0.1) is 5.82 Å². The summed E-state index contributed by atoms with van der Waals surface area (Å²) in [5, 5.41) is 9.64. The van der Waals surface area contributed by atoms with E-state index in [1.54, 1.807) is 16.9 Å². The van der Waals surface area contributed by atoms with E-state index in [0.29, 0.717) is 30.3 Å². The fraction of sp³-hybridized carbons (Fsp3) is 0.286. The number of ether oxygens (including phenoxy) is 1. The number of carbonyl (C=O) groups excluding carboxylic acids is 2. The predicted octanol–water partition coefficient (Wildman–Crippen LogP) is 3.61. The molecule has 30 heavy (non-hydrogen) atoms. The van der Waals surface area contributed by atoms with Gasteiger partial charge < -0.3 is 19.8 Å². The number of benzene rings is 1. The number of carbonyl (C=O) groups is 2. The van der Waals surface area contributed by atoms with Gasteiger partial charge in [0.25, 0.3) is 11.8 Å². The molecule has 0 aliphatic carbocycles.